The Morgan fingerprint density at radius 1 is 1.58 bits per heavy atom. The van der Waals surface area contributed by atoms with Crippen molar-refractivity contribution >= 4 is 5.91 Å². The van der Waals surface area contributed by atoms with Crippen molar-refractivity contribution in [2.75, 3.05) is 14.1 Å². The normalized spacial score (nSPS) is 9.50. The maximum Gasteiger partial charge on any atom is 0.275 e. The number of rotatable bonds is 1. The van der Waals surface area contributed by atoms with Gasteiger partial charge in [-0.05, 0) is 0 Å². The Balaban J connectivity index is 3.03. The van der Waals surface area contributed by atoms with Crippen LogP contribution in [0.4, 0.5) is 0 Å². The molecule has 1 aromatic rings. The Hall–Kier alpha value is -1.65. The van der Waals surface area contributed by atoms with E-state index in [2.05, 4.69) is 9.97 Å². The van der Waals surface area contributed by atoms with Gasteiger partial charge in [-0.15, -0.1) is 0 Å². The van der Waals surface area contributed by atoms with E-state index in [4.69, 9.17) is 5.11 Å². The molecule has 1 rings (SSSR count). The topological polar surface area (TPSA) is 66.3 Å². The molecule has 0 aliphatic heterocycles. The molecule has 5 heteroatoms. The molecular formula is C7H9N3O2. The fourth-order valence-corrected chi connectivity index (χ4v) is 0.699. The second-order valence-corrected chi connectivity index (χ2v) is 2.46. The molecule has 1 heterocycles. The molecule has 1 N–H and O–H groups in total. The maximum absolute atomic E-state index is 11.2. The van der Waals surface area contributed by atoms with Gasteiger partial charge >= 0.3 is 0 Å². The van der Waals surface area contributed by atoms with Crippen molar-refractivity contribution in [2.45, 2.75) is 0 Å². The van der Waals surface area contributed by atoms with Gasteiger partial charge < -0.3 is 10.0 Å². The molecule has 0 bridgehead atoms. The van der Waals surface area contributed by atoms with E-state index in [9.17, 15) is 4.79 Å². The Bertz CT molecular complexity index is 298. The second kappa shape index (κ2) is 3.17. The summed E-state index contributed by atoms with van der Waals surface area (Å²) in [7, 11) is 3.17. The lowest BCUT2D eigenvalue weighted by Crippen LogP contribution is -2.22. The first-order valence-electron chi connectivity index (χ1n) is 3.33. The molecule has 12 heavy (non-hydrogen) atoms. The van der Waals surface area contributed by atoms with Gasteiger partial charge in [0.25, 0.3) is 5.91 Å². The Morgan fingerprint density at radius 2 is 2.25 bits per heavy atom. The van der Waals surface area contributed by atoms with Crippen LogP contribution < -0.4 is 0 Å². The Kier molecular flexibility index (Phi) is 2.23. The SMILES string of the molecule is CN(C)C(=O)c1ncncc1O. The van der Waals surface area contributed by atoms with Crippen molar-refractivity contribution < 1.29 is 9.90 Å². The molecule has 0 saturated carbocycles. The van der Waals surface area contributed by atoms with E-state index in [0.717, 1.165) is 0 Å². The van der Waals surface area contributed by atoms with Crippen LogP contribution in [-0.2, 0) is 0 Å². The number of nitrogens with zero attached hydrogens (tertiary/aromatic N) is 3. The van der Waals surface area contributed by atoms with E-state index in [1.54, 1.807) is 14.1 Å². The molecule has 64 valence electrons. The molecule has 5 nitrogen and oxygen atoms in total. The summed E-state index contributed by atoms with van der Waals surface area (Å²) in [5.74, 6) is -0.536. The Labute approximate surface area is 69.7 Å². The summed E-state index contributed by atoms with van der Waals surface area (Å²) in [5.41, 5.74) is 0.0231. The monoisotopic (exact) mass is 167 g/mol. The number of aromatic nitrogens is 2. The predicted molar refractivity (Wildman–Crippen MR) is 41.7 cm³/mol. The summed E-state index contributed by atoms with van der Waals surface area (Å²) in [6, 6.07) is 0. The standard InChI is InChI=1S/C7H9N3O2/c1-10(2)7(12)6-5(11)3-8-4-9-6/h3-4,11H,1-2H3. The van der Waals surface area contributed by atoms with Gasteiger partial charge in [-0.25, -0.2) is 9.97 Å². The first kappa shape index (κ1) is 8.45. The fraction of sp³-hybridized carbons (Fsp3) is 0.286. The highest BCUT2D eigenvalue weighted by atomic mass is 16.3. The van der Waals surface area contributed by atoms with Crippen LogP contribution in [0.1, 0.15) is 10.5 Å². The molecule has 1 amide bonds. The van der Waals surface area contributed by atoms with Crippen molar-refractivity contribution in [1.29, 1.82) is 0 Å². The number of hydrogen-bond acceptors (Lipinski definition) is 4. The highest BCUT2D eigenvalue weighted by Crippen LogP contribution is 2.11. The minimum absolute atomic E-state index is 0.0231. The summed E-state index contributed by atoms with van der Waals surface area (Å²) < 4.78 is 0. The lowest BCUT2D eigenvalue weighted by atomic mass is 10.3. The first-order chi connectivity index (χ1) is 5.63. The van der Waals surface area contributed by atoms with Crippen molar-refractivity contribution in [3.05, 3.63) is 18.2 Å². The lowest BCUT2D eigenvalue weighted by Gasteiger charge is -2.09. The van der Waals surface area contributed by atoms with Gasteiger partial charge in [-0.3, -0.25) is 4.79 Å². The number of amides is 1. The van der Waals surface area contributed by atoms with Gasteiger partial charge in [0.05, 0.1) is 6.20 Å². The molecule has 0 saturated heterocycles. The molecule has 0 aliphatic carbocycles. The number of aromatic hydroxyl groups is 1. The van der Waals surface area contributed by atoms with Gasteiger partial charge in [-0.2, -0.15) is 0 Å². The summed E-state index contributed by atoms with van der Waals surface area (Å²) in [6.07, 6.45) is 2.40. The third kappa shape index (κ3) is 1.50. The van der Waals surface area contributed by atoms with E-state index < -0.39 is 0 Å². The van der Waals surface area contributed by atoms with E-state index in [1.165, 1.54) is 17.4 Å². The van der Waals surface area contributed by atoms with Gasteiger partial charge in [0.1, 0.15) is 6.33 Å². The second-order valence-electron chi connectivity index (χ2n) is 2.46. The van der Waals surface area contributed by atoms with Gasteiger partial charge in [-0.1, -0.05) is 0 Å². The van der Waals surface area contributed by atoms with Crippen LogP contribution in [0, 0.1) is 0 Å². The van der Waals surface area contributed by atoms with E-state index in [1.807, 2.05) is 0 Å². The van der Waals surface area contributed by atoms with Crippen LogP contribution in [0.3, 0.4) is 0 Å². The first-order valence-corrected chi connectivity index (χ1v) is 3.33. The average Bonchev–Trinajstić information content (AvgIpc) is 2.04. The largest absolute Gasteiger partial charge is 0.504 e. The summed E-state index contributed by atoms with van der Waals surface area (Å²) in [5, 5.41) is 9.16. The zero-order valence-electron chi connectivity index (χ0n) is 6.85. The summed E-state index contributed by atoms with van der Waals surface area (Å²) in [4.78, 5) is 19.8. The van der Waals surface area contributed by atoms with Crippen LogP contribution in [-0.4, -0.2) is 40.0 Å². The van der Waals surface area contributed by atoms with Crippen molar-refractivity contribution in [1.82, 2.24) is 14.9 Å². The van der Waals surface area contributed by atoms with Crippen LogP contribution in [0.15, 0.2) is 12.5 Å². The number of carbonyl (C=O) groups is 1. The molecule has 0 fully saturated rings. The molecule has 0 atom stereocenters. The smallest absolute Gasteiger partial charge is 0.275 e. The molecule has 0 aromatic carbocycles. The van der Waals surface area contributed by atoms with Crippen molar-refractivity contribution in [2.24, 2.45) is 0 Å². The van der Waals surface area contributed by atoms with Crippen LogP contribution in [0.25, 0.3) is 0 Å². The van der Waals surface area contributed by atoms with Crippen molar-refractivity contribution in [3.8, 4) is 5.75 Å². The van der Waals surface area contributed by atoms with Gasteiger partial charge in [0, 0.05) is 14.1 Å². The molecule has 0 unspecified atom stereocenters. The fourth-order valence-electron chi connectivity index (χ4n) is 0.699. The Morgan fingerprint density at radius 3 is 2.75 bits per heavy atom. The highest BCUT2D eigenvalue weighted by molar-refractivity contribution is 5.94. The average molecular weight is 167 g/mol. The predicted octanol–water partition coefficient (Wildman–Crippen LogP) is -0.116. The van der Waals surface area contributed by atoms with Gasteiger partial charge in [0.2, 0.25) is 0 Å². The van der Waals surface area contributed by atoms with Crippen molar-refractivity contribution in [3.63, 3.8) is 0 Å². The molecule has 0 spiro atoms. The highest BCUT2D eigenvalue weighted by Gasteiger charge is 2.13. The molecule has 0 aliphatic rings. The van der Waals surface area contributed by atoms with Gasteiger partial charge in [0.15, 0.2) is 11.4 Å². The van der Waals surface area contributed by atoms with E-state index in [-0.39, 0.29) is 17.4 Å². The molecule has 0 radical (unpaired) electrons. The number of hydrogen-bond donors (Lipinski definition) is 1. The van der Waals surface area contributed by atoms with Crippen LogP contribution >= 0.6 is 0 Å². The van der Waals surface area contributed by atoms with Crippen LogP contribution in [0.5, 0.6) is 5.75 Å². The third-order valence-electron chi connectivity index (χ3n) is 1.30. The summed E-state index contributed by atoms with van der Waals surface area (Å²) in [6.45, 7) is 0. The van der Waals surface area contributed by atoms with Crippen LogP contribution in [0.2, 0.25) is 0 Å². The minimum Gasteiger partial charge on any atom is -0.504 e. The lowest BCUT2D eigenvalue weighted by molar-refractivity contribution is 0.0818. The zero-order valence-corrected chi connectivity index (χ0v) is 6.85. The van der Waals surface area contributed by atoms with E-state index in [0.29, 0.717) is 0 Å². The third-order valence-corrected chi connectivity index (χ3v) is 1.30. The molecular weight excluding hydrogens is 158 g/mol. The zero-order chi connectivity index (χ0) is 9.14. The summed E-state index contributed by atoms with van der Waals surface area (Å²) >= 11 is 0. The quantitative estimate of drug-likeness (QED) is 0.633. The maximum atomic E-state index is 11.2. The van der Waals surface area contributed by atoms with E-state index >= 15 is 0 Å². The number of carbonyl (C=O) groups excluding carboxylic acids is 1. The minimum atomic E-state index is -0.338. The molecule has 1 aromatic heterocycles.